The van der Waals surface area contributed by atoms with Crippen LogP contribution in [0.4, 0.5) is 5.69 Å². The van der Waals surface area contributed by atoms with E-state index in [1.54, 1.807) is 0 Å². The van der Waals surface area contributed by atoms with E-state index in [1.807, 2.05) is 18.2 Å². The molecule has 0 atom stereocenters. The van der Waals surface area contributed by atoms with E-state index in [0.717, 1.165) is 16.8 Å². The number of benzene rings is 1. The molecule has 5 nitrogen and oxygen atoms in total. The summed E-state index contributed by atoms with van der Waals surface area (Å²) in [5.41, 5.74) is 2.76. The van der Waals surface area contributed by atoms with E-state index in [-0.39, 0.29) is 24.8 Å². The summed E-state index contributed by atoms with van der Waals surface area (Å²) in [5.74, 6) is -0.177. The van der Waals surface area contributed by atoms with Gasteiger partial charge in [0.25, 0.3) is 0 Å². The Labute approximate surface area is 98.8 Å². The minimum absolute atomic E-state index is 0.00136. The lowest BCUT2D eigenvalue weighted by atomic mass is 10.1. The van der Waals surface area contributed by atoms with Gasteiger partial charge in [0.2, 0.25) is 11.8 Å². The van der Waals surface area contributed by atoms with Crippen molar-refractivity contribution >= 4 is 17.5 Å². The van der Waals surface area contributed by atoms with Crippen LogP contribution >= 0.6 is 0 Å². The molecule has 0 radical (unpaired) electrons. The third kappa shape index (κ3) is 2.82. The Morgan fingerprint density at radius 3 is 3.06 bits per heavy atom. The smallest absolute Gasteiger partial charge is 0.228 e. The highest BCUT2D eigenvalue weighted by atomic mass is 16.3. The number of carbonyl (C=O) groups is 2. The van der Waals surface area contributed by atoms with Gasteiger partial charge in [-0.1, -0.05) is 12.1 Å². The van der Waals surface area contributed by atoms with Crippen LogP contribution in [0.5, 0.6) is 0 Å². The quantitative estimate of drug-likeness (QED) is 0.695. The number of nitrogens with one attached hydrogen (secondary N) is 2. The van der Waals surface area contributed by atoms with Gasteiger partial charge in [-0.05, 0) is 17.2 Å². The van der Waals surface area contributed by atoms with Gasteiger partial charge in [0.1, 0.15) is 0 Å². The number of hydrogen-bond acceptors (Lipinski definition) is 3. The lowest BCUT2D eigenvalue weighted by molar-refractivity contribution is -0.122. The Bertz CT molecular complexity index is 457. The van der Waals surface area contributed by atoms with E-state index in [9.17, 15) is 9.59 Å². The first-order valence-electron chi connectivity index (χ1n) is 5.48. The molecule has 90 valence electrons. The van der Waals surface area contributed by atoms with Gasteiger partial charge in [-0.15, -0.1) is 0 Å². The van der Waals surface area contributed by atoms with E-state index >= 15 is 0 Å². The van der Waals surface area contributed by atoms with Gasteiger partial charge < -0.3 is 15.7 Å². The van der Waals surface area contributed by atoms with Gasteiger partial charge in [0.15, 0.2) is 0 Å². The molecule has 0 fully saturated rings. The average molecular weight is 234 g/mol. The van der Waals surface area contributed by atoms with Crippen molar-refractivity contribution in [2.24, 2.45) is 0 Å². The number of rotatable bonds is 4. The van der Waals surface area contributed by atoms with Crippen LogP contribution in [-0.2, 0) is 22.6 Å². The van der Waals surface area contributed by atoms with Gasteiger partial charge in [-0.25, -0.2) is 0 Å². The van der Waals surface area contributed by atoms with Crippen LogP contribution in [0.15, 0.2) is 18.2 Å². The summed E-state index contributed by atoms with van der Waals surface area (Å²) in [6.45, 7) is 0.273. The number of amides is 2. The maximum atomic E-state index is 11.2. The lowest BCUT2D eigenvalue weighted by Crippen LogP contribution is -2.23. The fraction of sp³-hybridized carbons (Fsp3) is 0.333. The van der Waals surface area contributed by atoms with Crippen molar-refractivity contribution in [3.63, 3.8) is 0 Å². The maximum absolute atomic E-state index is 11.2. The zero-order chi connectivity index (χ0) is 12.3. The standard InChI is InChI=1S/C12H14N2O3/c15-4-3-11(16)13-7-8-1-2-10-9(5-8)6-12(17)14-10/h1-2,5,15H,3-4,6-7H2,(H,13,16)(H,14,17). The van der Waals surface area contributed by atoms with Gasteiger partial charge in [-0.2, -0.15) is 0 Å². The predicted molar refractivity (Wildman–Crippen MR) is 62.3 cm³/mol. The topological polar surface area (TPSA) is 78.4 Å². The van der Waals surface area contributed by atoms with Crippen molar-refractivity contribution in [1.82, 2.24) is 5.32 Å². The number of anilines is 1. The molecule has 0 unspecified atom stereocenters. The SMILES string of the molecule is O=C(CCO)NCc1ccc2c(c1)CC(=O)N2. The van der Waals surface area contributed by atoms with E-state index in [0.29, 0.717) is 13.0 Å². The molecule has 0 bridgehead atoms. The third-order valence-electron chi connectivity index (χ3n) is 2.62. The Balaban J connectivity index is 1.97. The third-order valence-corrected chi connectivity index (χ3v) is 2.62. The summed E-state index contributed by atoms with van der Waals surface area (Å²) in [7, 11) is 0. The summed E-state index contributed by atoms with van der Waals surface area (Å²) in [6, 6.07) is 5.61. The lowest BCUT2D eigenvalue weighted by Gasteiger charge is -2.06. The van der Waals surface area contributed by atoms with Crippen molar-refractivity contribution in [3.8, 4) is 0 Å². The normalized spacial score (nSPS) is 13.1. The van der Waals surface area contributed by atoms with Crippen molar-refractivity contribution in [2.75, 3.05) is 11.9 Å². The molecular weight excluding hydrogens is 220 g/mol. The molecule has 0 spiro atoms. The molecule has 1 heterocycles. The fourth-order valence-corrected chi connectivity index (χ4v) is 1.78. The zero-order valence-electron chi connectivity index (χ0n) is 9.32. The molecule has 0 saturated carbocycles. The second-order valence-corrected chi connectivity index (χ2v) is 3.97. The monoisotopic (exact) mass is 234 g/mol. The number of hydrogen-bond donors (Lipinski definition) is 3. The molecule has 1 aliphatic heterocycles. The van der Waals surface area contributed by atoms with Crippen molar-refractivity contribution in [3.05, 3.63) is 29.3 Å². The molecule has 2 rings (SSSR count). The Hall–Kier alpha value is -1.88. The van der Waals surface area contributed by atoms with Crippen molar-refractivity contribution in [1.29, 1.82) is 0 Å². The number of fused-ring (bicyclic) bond motifs is 1. The summed E-state index contributed by atoms with van der Waals surface area (Å²) in [4.78, 5) is 22.3. The van der Waals surface area contributed by atoms with E-state index in [2.05, 4.69) is 10.6 Å². The van der Waals surface area contributed by atoms with Crippen LogP contribution in [0.3, 0.4) is 0 Å². The maximum Gasteiger partial charge on any atom is 0.228 e. The molecule has 1 aliphatic rings. The van der Waals surface area contributed by atoms with Gasteiger partial charge in [0, 0.05) is 18.7 Å². The van der Waals surface area contributed by atoms with Gasteiger partial charge in [0.05, 0.1) is 13.0 Å². The number of aliphatic hydroxyl groups is 1. The molecule has 2 amide bonds. The largest absolute Gasteiger partial charge is 0.396 e. The highest BCUT2D eigenvalue weighted by molar-refractivity contribution is 5.99. The molecule has 3 N–H and O–H groups in total. The average Bonchev–Trinajstić information content (AvgIpc) is 2.66. The zero-order valence-corrected chi connectivity index (χ0v) is 9.32. The van der Waals surface area contributed by atoms with Crippen molar-refractivity contribution in [2.45, 2.75) is 19.4 Å². The molecular formula is C12H14N2O3. The minimum Gasteiger partial charge on any atom is -0.396 e. The molecule has 1 aromatic carbocycles. The summed E-state index contributed by atoms with van der Waals surface area (Å²) < 4.78 is 0. The summed E-state index contributed by atoms with van der Waals surface area (Å²) >= 11 is 0. The highest BCUT2D eigenvalue weighted by Gasteiger charge is 2.17. The number of carbonyl (C=O) groups excluding carboxylic acids is 2. The van der Waals surface area contributed by atoms with Crippen LogP contribution in [0.1, 0.15) is 17.5 Å². The van der Waals surface area contributed by atoms with Crippen LogP contribution in [0.25, 0.3) is 0 Å². The van der Waals surface area contributed by atoms with Crippen LogP contribution in [-0.4, -0.2) is 23.5 Å². The first-order valence-corrected chi connectivity index (χ1v) is 5.48. The second kappa shape index (κ2) is 4.97. The van der Waals surface area contributed by atoms with Crippen molar-refractivity contribution < 1.29 is 14.7 Å². The van der Waals surface area contributed by atoms with Crippen LogP contribution in [0, 0.1) is 0 Å². The summed E-state index contributed by atoms with van der Waals surface area (Å²) in [6.07, 6.45) is 0.513. The molecule has 1 aromatic rings. The predicted octanol–water partition coefficient (Wildman–Crippen LogP) is 0.180. The van der Waals surface area contributed by atoms with E-state index < -0.39 is 0 Å². The summed E-state index contributed by atoms with van der Waals surface area (Å²) in [5, 5.41) is 14.0. The van der Waals surface area contributed by atoms with E-state index in [1.165, 1.54) is 0 Å². The molecule has 0 saturated heterocycles. The second-order valence-electron chi connectivity index (χ2n) is 3.97. The molecule has 5 heteroatoms. The molecule has 0 aromatic heterocycles. The first kappa shape index (κ1) is 11.6. The Kier molecular flexibility index (Phi) is 3.39. The first-order chi connectivity index (χ1) is 8.19. The molecule has 0 aliphatic carbocycles. The van der Waals surface area contributed by atoms with E-state index in [4.69, 9.17) is 5.11 Å². The van der Waals surface area contributed by atoms with Gasteiger partial charge >= 0.3 is 0 Å². The van der Waals surface area contributed by atoms with Gasteiger partial charge in [-0.3, -0.25) is 9.59 Å². The Morgan fingerprint density at radius 2 is 2.29 bits per heavy atom. The van der Waals surface area contributed by atoms with Crippen LogP contribution in [0.2, 0.25) is 0 Å². The minimum atomic E-state index is -0.179. The molecule has 17 heavy (non-hydrogen) atoms. The highest BCUT2D eigenvalue weighted by Crippen LogP contribution is 2.23. The Morgan fingerprint density at radius 1 is 1.47 bits per heavy atom. The number of aliphatic hydroxyl groups excluding tert-OH is 1. The van der Waals surface area contributed by atoms with Crippen LogP contribution < -0.4 is 10.6 Å². The fourth-order valence-electron chi connectivity index (χ4n) is 1.78.